The van der Waals surface area contributed by atoms with E-state index in [1.165, 1.54) is 35.5 Å². The highest BCUT2D eigenvalue weighted by atomic mass is 16.3. The van der Waals surface area contributed by atoms with Crippen molar-refractivity contribution in [2.75, 3.05) is 22.5 Å². The van der Waals surface area contributed by atoms with E-state index in [1.807, 2.05) is 24.3 Å². The van der Waals surface area contributed by atoms with Crippen LogP contribution in [0.2, 0.25) is 0 Å². The van der Waals surface area contributed by atoms with E-state index >= 15 is 0 Å². The summed E-state index contributed by atoms with van der Waals surface area (Å²) in [4.78, 5) is 32.2. The number of aromatic nitrogens is 5. The summed E-state index contributed by atoms with van der Waals surface area (Å²) in [5.74, 6) is 0.537. The topological polar surface area (TPSA) is 155 Å². The molecule has 1 aliphatic heterocycles. The Kier molecular flexibility index (Phi) is 5.29. The van der Waals surface area contributed by atoms with E-state index in [4.69, 9.17) is 5.73 Å². The highest BCUT2D eigenvalue weighted by molar-refractivity contribution is 5.86. The highest BCUT2D eigenvalue weighted by Crippen LogP contribution is 2.32. The lowest BCUT2D eigenvalue weighted by atomic mass is 9.99. The number of hydrogen-bond acceptors (Lipinski definition) is 10. The van der Waals surface area contributed by atoms with Gasteiger partial charge in [-0.1, -0.05) is 18.2 Å². The fourth-order valence-electron chi connectivity index (χ4n) is 4.52. The van der Waals surface area contributed by atoms with E-state index in [-0.39, 0.29) is 34.6 Å². The number of anilines is 4. The van der Waals surface area contributed by atoms with E-state index in [9.17, 15) is 15.0 Å². The van der Waals surface area contributed by atoms with Crippen molar-refractivity contribution in [2.45, 2.75) is 13.0 Å². The van der Waals surface area contributed by atoms with Gasteiger partial charge >= 0.3 is 5.69 Å². The van der Waals surface area contributed by atoms with Crippen molar-refractivity contribution in [3.8, 4) is 17.2 Å². The molecular formula is C26H22N8O3. The van der Waals surface area contributed by atoms with Crippen LogP contribution in [0.25, 0.3) is 16.7 Å². The summed E-state index contributed by atoms with van der Waals surface area (Å²) in [5.41, 5.74) is 8.62. The molecule has 0 fully saturated rings. The molecule has 0 radical (unpaired) electrons. The molecule has 0 saturated carbocycles. The Morgan fingerprint density at radius 3 is 2.57 bits per heavy atom. The number of para-hydroxylation sites is 1. The Bertz CT molecular complexity index is 1680. The minimum Gasteiger partial charge on any atom is -0.506 e. The Balaban J connectivity index is 1.28. The lowest BCUT2D eigenvalue weighted by Crippen LogP contribution is -2.30. The molecule has 5 aromatic rings. The van der Waals surface area contributed by atoms with Crippen molar-refractivity contribution in [1.82, 2.24) is 24.5 Å². The number of nitrogen functional groups attached to an aromatic ring is 1. The zero-order valence-corrected chi connectivity index (χ0v) is 19.5. The summed E-state index contributed by atoms with van der Waals surface area (Å²) in [6.07, 6.45) is 4.12. The molecule has 184 valence electrons. The molecule has 0 unspecified atom stereocenters. The molecule has 0 aliphatic carbocycles. The minimum atomic E-state index is -0.794. The van der Waals surface area contributed by atoms with Gasteiger partial charge in [0, 0.05) is 31.2 Å². The van der Waals surface area contributed by atoms with Crippen LogP contribution in [-0.4, -0.2) is 41.3 Å². The number of hydrogen-bond donors (Lipinski definition) is 4. The van der Waals surface area contributed by atoms with Crippen molar-refractivity contribution >= 4 is 34.3 Å². The molecule has 6 rings (SSSR count). The molecule has 1 aliphatic rings. The third-order valence-corrected chi connectivity index (χ3v) is 6.34. The smallest absolute Gasteiger partial charge is 0.356 e. The number of nitrogens with two attached hydrogens (primary N) is 1. The summed E-state index contributed by atoms with van der Waals surface area (Å²) < 4.78 is 0.932. The fourth-order valence-corrected chi connectivity index (χ4v) is 4.52. The first-order valence-electron chi connectivity index (χ1n) is 11.6. The number of phenols is 2. The lowest BCUT2D eigenvalue weighted by Gasteiger charge is -2.30. The van der Waals surface area contributed by atoms with Crippen LogP contribution in [0.3, 0.4) is 0 Å². The summed E-state index contributed by atoms with van der Waals surface area (Å²) >= 11 is 0. The number of benzene rings is 2. The van der Waals surface area contributed by atoms with E-state index < -0.39 is 5.69 Å². The molecule has 0 bridgehead atoms. The molecular weight excluding hydrogens is 472 g/mol. The predicted octanol–water partition coefficient (Wildman–Crippen LogP) is 2.87. The number of phenolic OH excluding ortho intramolecular Hbond substituents is 2. The normalized spacial score (nSPS) is 12.9. The van der Waals surface area contributed by atoms with Gasteiger partial charge in [0.25, 0.3) is 0 Å². The first-order chi connectivity index (χ1) is 18.0. The third kappa shape index (κ3) is 4.01. The van der Waals surface area contributed by atoms with Gasteiger partial charge in [-0.15, -0.1) is 0 Å². The Morgan fingerprint density at radius 2 is 1.78 bits per heavy atom. The lowest BCUT2D eigenvalue weighted by molar-refractivity contribution is 0.445. The maximum absolute atomic E-state index is 12.8. The van der Waals surface area contributed by atoms with Crippen molar-refractivity contribution < 1.29 is 10.2 Å². The van der Waals surface area contributed by atoms with Crippen LogP contribution in [0.5, 0.6) is 11.5 Å². The van der Waals surface area contributed by atoms with Gasteiger partial charge in [0.1, 0.15) is 28.8 Å². The molecule has 5 N–H and O–H groups in total. The molecule has 0 atom stereocenters. The van der Waals surface area contributed by atoms with Gasteiger partial charge in [0.2, 0.25) is 5.95 Å². The number of nitrogens with one attached hydrogen (secondary N) is 1. The van der Waals surface area contributed by atoms with Crippen LogP contribution in [0.4, 0.5) is 23.3 Å². The van der Waals surface area contributed by atoms with E-state index in [2.05, 4.69) is 42.3 Å². The molecule has 3 aromatic heterocycles. The van der Waals surface area contributed by atoms with Gasteiger partial charge in [-0.05, 0) is 53.9 Å². The second-order valence-electron chi connectivity index (χ2n) is 8.66. The van der Waals surface area contributed by atoms with Gasteiger partial charge in [-0.25, -0.2) is 19.3 Å². The molecule has 0 saturated heterocycles. The van der Waals surface area contributed by atoms with Gasteiger partial charge in [-0.3, -0.25) is 0 Å². The highest BCUT2D eigenvalue weighted by Gasteiger charge is 2.20. The van der Waals surface area contributed by atoms with Crippen LogP contribution in [0, 0.1) is 0 Å². The quantitative estimate of drug-likeness (QED) is 0.293. The standard InChI is InChI=1S/C26H22N8O3/c27-23-18-13-29-25(31-24(18)32-26(37)34(23)22-19(35)4-3-5-20(22)36)30-17-8-7-16-14-33(11-9-15(16)12-17)21-6-1-2-10-28-21/h1-8,10,12-13,35-36H,9,11,14,27H2,(H,30,31,32,37). The van der Waals surface area contributed by atoms with Crippen molar-refractivity contribution in [2.24, 2.45) is 0 Å². The van der Waals surface area contributed by atoms with Crippen LogP contribution < -0.4 is 21.6 Å². The second-order valence-corrected chi connectivity index (χ2v) is 8.66. The SMILES string of the molecule is Nc1c2cnc(Nc3ccc4c(c3)CCN(c3ccccn3)C4)nc2nc(=O)n1-c1c(O)cccc1O. The molecule has 0 amide bonds. The number of aromatic hydroxyl groups is 2. The molecule has 11 heteroatoms. The monoisotopic (exact) mass is 494 g/mol. The second kappa shape index (κ2) is 8.79. The summed E-state index contributed by atoms with van der Waals surface area (Å²) in [7, 11) is 0. The predicted molar refractivity (Wildman–Crippen MR) is 139 cm³/mol. The van der Waals surface area contributed by atoms with Gasteiger partial charge in [-0.2, -0.15) is 9.97 Å². The molecule has 2 aromatic carbocycles. The molecule has 0 spiro atoms. The summed E-state index contributed by atoms with van der Waals surface area (Å²) in [5, 5.41) is 23.8. The van der Waals surface area contributed by atoms with Crippen molar-refractivity contribution in [1.29, 1.82) is 0 Å². The first kappa shape index (κ1) is 22.3. The first-order valence-corrected chi connectivity index (χ1v) is 11.6. The summed E-state index contributed by atoms with van der Waals surface area (Å²) in [6.45, 7) is 1.64. The van der Waals surface area contributed by atoms with E-state index in [0.29, 0.717) is 5.39 Å². The molecule has 37 heavy (non-hydrogen) atoms. The van der Waals surface area contributed by atoms with Gasteiger partial charge in [0.15, 0.2) is 5.65 Å². The Morgan fingerprint density at radius 1 is 0.946 bits per heavy atom. The maximum atomic E-state index is 12.8. The van der Waals surface area contributed by atoms with Crippen LogP contribution in [0.15, 0.2) is 71.8 Å². The number of pyridine rings is 1. The van der Waals surface area contributed by atoms with Gasteiger partial charge < -0.3 is 26.2 Å². The van der Waals surface area contributed by atoms with Gasteiger partial charge in [0.05, 0.1) is 5.39 Å². The average Bonchev–Trinajstić information content (AvgIpc) is 2.90. The average molecular weight is 495 g/mol. The van der Waals surface area contributed by atoms with Crippen LogP contribution >= 0.6 is 0 Å². The van der Waals surface area contributed by atoms with Crippen LogP contribution in [0.1, 0.15) is 11.1 Å². The minimum absolute atomic E-state index is 0.0513. The van der Waals surface area contributed by atoms with E-state index in [0.717, 1.165) is 35.6 Å². The van der Waals surface area contributed by atoms with Crippen LogP contribution in [-0.2, 0) is 13.0 Å². The number of fused-ring (bicyclic) bond motifs is 2. The zero-order valence-electron chi connectivity index (χ0n) is 19.5. The third-order valence-electron chi connectivity index (χ3n) is 6.34. The summed E-state index contributed by atoms with van der Waals surface area (Å²) in [6, 6.07) is 16.1. The van der Waals surface area contributed by atoms with Crippen molar-refractivity contribution in [3.63, 3.8) is 0 Å². The fraction of sp³-hybridized carbons (Fsp3) is 0.115. The Labute approximate surface area is 210 Å². The Hall–Kier alpha value is -5.19. The number of rotatable bonds is 4. The zero-order chi connectivity index (χ0) is 25.5. The maximum Gasteiger partial charge on any atom is 0.356 e. The van der Waals surface area contributed by atoms with E-state index in [1.54, 1.807) is 6.20 Å². The largest absolute Gasteiger partial charge is 0.506 e. The molecule has 4 heterocycles. The molecule has 11 nitrogen and oxygen atoms in total. The number of nitrogens with zero attached hydrogens (tertiary/aromatic N) is 6. The van der Waals surface area contributed by atoms with Crippen molar-refractivity contribution in [3.05, 3.63) is 88.6 Å².